The van der Waals surface area contributed by atoms with Crippen molar-refractivity contribution in [1.29, 1.82) is 0 Å². The maximum Gasteiger partial charge on any atom is 0.305 e. The van der Waals surface area contributed by atoms with Crippen molar-refractivity contribution in [1.82, 2.24) is 0 Å². The highest BCUT2D eigenvalue weighted by atomic mass is 16.5. The van der Waals surface area contributed by atoms with Gasteiger partial charge in [0.05, 0.1) is 12.2 Å². The molecule has 4 atom stereocenters. The van der Waals surface area contributed by atoms with E-state index in [1.807, 2.05) is 24.3 Å². The van der Waals surface area contributed by atoms with E-state index in [-0.39, 0.29) is 33.4 Å². The molecule has 0 amide bonds. The Labute approximate surface area is 400 Å². The first-order valence-electron chi connectivity index (χ1n) is 25.9. The van der Waals surface area contributed by atoms with Crippen LogP contribution in [0.1, 0.15) is 196 Å². The third-order valence-electron chi connectivity index (χ3n) is 16.3. The van der Waals surface area contributed by atoms with Gasteiger partial charge in [0.2, 0.25) is 0 Å². The van der Waals surface area contributed by atoms with Gasteiger partial charge in [-0.05, 0) is 162 Å². The first kappa shape index (κ1) is 52.7. The molecule has 6 nitrogen and oxygen atoms in total. The van der Waals surface area contributed by atoms with E-state index in [1.165, 1.54) is 48.8 Å². The summed E-state index contributed by atoms with van der Waals surface area (Å²) in [6, 6.07) is 34.1. The standard InChI is InChI=1S/C60H86O6/c1-12-46(6)24-18-19-25-55(61)62-44-22-23-45-63-59(11,16-5)58(10,15-4)57(9,14-3)47-26-32-50(33-27-47)64-52-38-40-53(41-39-52)65-51-34-28-48(29-35-51)60(42-20-17-21-43-60)49-30-36-54(37-31-49)66-56(7,8)13-2/h26-41,46H,12-25,42-45H2,1-11H3. The minimum absolute atomic E-state index is 0.00505. The number of ether oxygens (including phenoxy) is 5. The molecule has 0 aromatic heterocycles. The van der Waals surface area contributed by atoms with Crippen molar-refractivity contribution >= 4 is 5.97 Å². The van der Waals surface area contributed by atoms with Crippen LogP contribution in [0.3, 0.4) is 0 Å². The van der Waals surface area contributed by atoms with Crippen LogP contribution in [0.4, 0.5) is 0 Å². The van der Waals surface area contributed by atoms with Gasteiger partial charge in [-0.3, -0.25) is 4.79 Å². The van der Waals surface area contributed by atoms with Crippen LogP contribution < -0.4 is 14.2 Å². The van der Waals surface area contributed by atoms with Gasteiger partial charge in [0, 0.05) is 29.3 Å². The van der Waals surface area contributed by atoms with Crippen LogP contribution in [0.25, 0.3) is 0 Å². The summed E-state index contributed by atoms with van der Waals surface area (Å²) in [6.07, 6.45) is 16.4. The maximum absolute atomic E-state index is 12.3. The highest BCUT2D eigenvalue weighted by Crippen LogP contribution is 2.56. The molecule has 0 bridgehead atoms. The quantitative estimate of drug-likeness (QED) is 0.0439. The second kappa shape index (κ2) is 24.1. The van der Waals surface area contributed by atoms with Gasteiger partial charge in [0.25, 0.3) is 0 Å². The van der Waals surface area contributed by atoms with Gasteiger partial charge in [-0.25, -0.2) is 0 Å². The molecule has 4 unspecified atom stereocenters. The number of hydrogen-bond donors (Lipinski definition) is 0. The summed E-state index contributed by atoms with van der Waals surface area (Å²) < 4.78 is 31.4. The van der Waals surface area contributed by atoms with Crippen LogP contribution in [0, 0.1) is 11.3 Å². The van der Waals surface area contributed by atoms with E-state index in [0.717, 1.165) is 98.9 Å². The molecule has 362 valence electrons. The van der Waals surface area contributed by atoms with Gasteiger partial charge in [0.1, 0.15) is 34.3 Å². The molecule has 4 aromatic rings. The number of benzene rings is 4. The van der Waals surface area contributed by atoms with Crippen molar-refractivity contribution in [2.45, 2.75) is 201 Å². The van der Waals surface area contributed by atoms with Crippen LogP contribution >= 0.6 is 0 Å². The van der Waals surface area contributed by atoms with E-state index in [4.69, 9.17) is 23.7 Å². The Balaban J connectivity index is 1.16. The Morgan fingerprint density at radius 3 is 1.56 bits per heavy atom. The highest BCUT2D eigenvalue weighted by molar-refractivity contribution is 5.69. The summed E-state index contributed by atoms with van der Waals surface area (Å²) in [5.41, 5.74) is 3.14. The molecule has 66 heavy (non-hydrogen) atoms. The zero-order valence-corrected chi connectivity index (χ0v) is 43.0. The molecule has 0 aliphatic heterocycles. The average molecular weight is 903 g/mol. The summed E-state index contributed by atoms with van der Waals surface area (Å²) in [4.78, 5) is 12.3. The Morgan fingerprint density at radius 2 is 1.08 bits per heavy atom. The molecule has 0 spiro atoms. The molecule has 6 heteroatoms. The van der Waals surface area contributed by atoms with Crippen molar-refractivity contribution in [3.8, 4) is 28.7 Å². The molecule has 0 N–H and O–H groups in total. The van der Waals surface area contributed by atoms with Gasteiger partial charge in [-0.1, -0.05) is 130 Å². The molecule has 0 radical (unpaired) electrons. The predicted octanol–water partition coefficient (Wildman–Crippen LogP) is 17.3. The molecule has 0 saturated heterocycles. The predicted molar refractivity (Wildman–Crippen MR) is 274 cm³/mol. The van der Waals surface area contributed by atoms with Gasteiger partial charge < -0.3 is 23.7 Å². The van der Waals surface area contributed by atoms with E-state index < -0.39 is 0 Å². The highest BCUT2D eigenvalue weighted by Gasteiger charge is 2.54. The molecule has 1 aliphatic carbocycles. The van der Waals surface area contributed by atoms with Crippen LogP contribution in [0.15, 0.2) is 97.1 Å². The second-order valence-corrected chi connectivity index (χ2v) is 20.6. The first-order valence-corrected chi connectivity index (χ1v) is 25.9. The van der Waals surface area contributed by atoms with Crippen LogP contribution in [0.2, 0.25) is 0 Å². The normalized spacial score (nSPS) is 17.1. The van der Waals surface area contributed by atoms with Crippen molar-refractivity contribution < 1.29 is 28.5 Å². The van der Waals surface area contributed by atoms with Crippen LogP contribution in [0.5, 0.6) is 28.7 Å². The number of rotatable bonds is 27. The molecular weight excluding hydrogens is 817 g/mol. The van der Waals surface area contributed by atoms with Crippen LogP contribution in [-0.2, 0) is 25.1 Å². The SMILES string of the molecule is CCC(C)CCCCC(=O)OCCCCOC(C)(CC)C(C)(CC)C(C)(CC)c1ccc(Oc2ccc(Oc3ccc(C4(c5ccc(OC(C)(C)CC)cc5)CCCCC4)cc3)cc2)cc1. The fourth-order valence-electron chi connectivity index (χ4n) is 10.4. The van der Waals surface area contributed by atoms with E-state index in [0.29, 0.717) is 19.6 Å². The Kier molecular flexibility index (Phi) is 19.3. The third-order valence-corrected chi connectivity index (χ3v) is 16.3. The largest absolute Gasteiger partial charge is 0.488 e. The van der Waals surface area contributed by atoms with Crippen molar-refractivity contribution in [2.75, 3.05) is 13.2 Å². The maximum atomic E-state index is 12.3. The van der Waals surface area contributed by atoms with Crippen molar-refractivity contribution in [2.24, 2.45) is 11.3 Å². The summed E-state index contributed by atoms with van der Waals surface area (Å²) in [7, 11) is 0. The Bertz CT molecular complexity index is 2030. The van der Waals surface area contributed by atoms with Gasteiger partial charge in [-0.15, -0.1) is 0 Å². The average Bonchev–Trinajstić information content (AvgIpc) is 3.34. The number of carbonyl (C=O) groups is 1. The lowest BCUT2D eigenvalue weighted by atomic mass is 9.52. The zero-order chi connectivity index (χ0) is 47.9. The minimum atomic E-state index is -0.355. The van der Waals surface area contributed by atoms with Crippen LogP contribution in [-0.4, -0.2) is 30.4 Å². The Morgan fingerprint density at radius 1 is 0.576 bits per heavy atom. The monoisotopic (exact) mass is 903 g/mol. The lowest BCUT2D eigenvalue weighted by Crippen LogP contribution is -2.57. The van der Waals surface area contributed by atoms with E-state index in [2.05, 4.69) is 149 Å². The summed E-state index contributed by atoms with van der Waals surface area (Å²) >= 11 is 0. The van der Waals surface area contributed by atoms with Gasteiger partial charge in [-0.2, -0.15) is 0 Å². The van der Waals surface area contributed by atoms with Crippen molar-refractivity contribution in [3.63, 3.8) is 0 Å². The molecule has 5 rings (SSSR count). The minimum Gasteiger partial charge on any atom is -0.488 e. The lowest BCUT2D eigenvalue weighted by molar-refractivity contribution is -0.155. The summed E-state index contributed by atoms with van der Waals surface area (Å²) in [5.74, 6) is 4.72. The number of esters is 1. The second-order valence-electron chi connectivity index (χ2n) is 20.6. The summed E-state index contributed by atoms with van der Waals surface area (Å²) in [6.45, 7) is 26.0. The fraction of sp³-hybridized carbons (Fsp3) is 0.583. The molecule has 0 heterocycles. The summed E-state index contributed by atoms with van der Waals surface area (Å²) in [5, 5.41) is 0. The number of unbranched alkanes of at least 4 members (excludes halogenated alkanes) is 2. The van der Waals surface area contributed by atoms with Gasteiger partial charge in [0.15, 0.2) is 0 Å². The first-order chi connectivity index (χ1) is 31.6. The molecular formula is C60H86O6. The van der Waals surface area contributed by atoms with Crippen molar-refractivity contribution in [3.05, 3.63) is 114 Å². The number of hydrogen-bond acceptors (Lipinski definition) is 6. The van der Waals surface area contributed by atoms with Gasteiger partial charge >= 0.3 is 5.97 Å². The topological polar surface area (TPSA) is 63.2 Å². The third kappa shape index (κ3) is 13.0. The number of carbonyl (C=O) groups excluding carboxylic acids is 1. The molecule has 1 fully saturated rings. The van der Waals surface area contributed by atoms with E-state index in [1.54, 1.807) is 0 Å². The molecule has 1 saturated carbocycles. The lowest BCUT2D eigenvalue weighted by Gasteiger charge is -2.56. The zero-order valence-electron chi connectivity index (χ0n) is 43.0. The van der Waals surface area contributed by atoms with E-state index >= 15 is 0 Å². The fourth-order valence-corrected chi connectivity index (χ4v) is 10.4. The smallest absolute Gasteiger partial charge is 0.305 e. The van der Waals surface area contributed by atoms with E-state index in [9.17, 15) is 4.79 Å². The molecule has 4 aromatic carbocycles. The Hall–Kier alpha value is -4.29. The molecule has 1 aliphatic rings.